The second-order valence-electron chi connectivity index (χ2n) is 6.35. The molecule has 0 aliphatic heterocycles. The van der Waals surface area contributed by atoms with Gasteiger partial charge in [0.25, 0.3) is 0 Å². The molecular weight excluding hydrogens is 198 g/mol. The van der Waals surface area contributed by atoms with Crippen LogP contribution in [0.1, 0.15) is 59.8 Å². The highest BCUT2D eigenvalue weighted by Crippen LogP contribution is 2.35. The van der Waals surface area contributed by atoms with E-state index >= 15 is 0 Å². The van der Waals surface area contributed by atoms with Gasteiger partial charge in [0.15, 0.2) is 0 Å². The molecule has 2 nitrogen and oxygen atoms in total. The first-order valence-electron chi connectivity index (χ1n) is 6.87. The smallest absolute Gasteiger partial charge is 0.0774 e. The average Bonchev–Trinajstić information content (AvgIpc) is 2.14. The van der Waals surface area contributed by atoms with Crippen molar-refractivity contribution in [2.24, 2.45) is 11.8 Å². The Labute approximate surface area is 101 Å². The number of nitrogens with one attached hydrogen (secondary N) is 1. The van der Waals surface area contributed by atoms with Gasteiger partial charge in [-0.05, 0) is 31.1 Å². The van der Waals surface area contributed by atoms with Crippen LogP contribution in [0.3, 0.4) is 0 Å². The van der Waals surface area contributed by atoms with Crippen LogP contribution in [0.4, 0.5) is 0 Å². The molecule has 0 aromatic heterocycles. The van der Waals surface area contributed by atoms with E-state index in [0.29, 0.717) is 6.04 Å². The van der Waals surface area contributed by atoms with Crippen LogP contribution in [0, 0.1) is 11.8 Å². The van der Waals surface area contributed by atoms with Gasteiger partial charge in [-0.1, -0.05) is 40.5 Å². The zero-order valence-electron chi connectivity index (χ0n) is 11.4. The third kappa shape index (κ3) is 4.84. The Morgan fingerprint density at radius 3 is 2.56 bits per heavy atom. The highest BCUT2D eigenvalue weighted by Gasteiger charge is 2.34. The number of hydrogen-bond acceptors (Lipinski definition) is 2. The molecular formula is C14H29NO. The van der Waals surface area contributed by atoms with Crippen LogP contribution in [-0.4, -0.2) is 23.3 Å². The van der Waals surface area contributed by atoms with Crippen molar-refractivity contribution in [3.05, 3.63) is 0 Å². The molecule has 1 rings (SSSR count). The molecule has 0 aromatic carbocycles. The Hall–Kier alpha value is -0.0800. The second-order valence-corrected chi connectivity index (χ2v) is 6.35. The normalized spacial score (nSPS) is 31.3. The summed E-state index contributed by atoms with van der Waals surface area (Å²) in [6.07, 6.45) is 5.73. The van der Waals surface area contributed by atoms with E-state index in [1.165, 1.54) is 19.3 Å². The first kappa shape index (κ1) is 14.0. The van der Waals surface area contributed by atoms with Crippen molar-refractivity contribution in [3.63, 3.8) is 0 Å². The van der Waals surface area contributed by atoms with E-state index in [9.17, 15) is 5.11 Å². The van der Waals surface area contributed by atoms with E-state index < -0.39 is 5.60 Å². The Morgan fingerprint density at radius 2 is 2.00 bits per heavy atom. The molecule has 2 N–H and O–H groups in total. The van der Waals surface area contributed by atoms with Gasteiger partial charge < -0.3 is 10.4 Å². The lowest BCUT2D eigenvalue weighted by Gasteiger charge is -2.38. The molecule has 2 heteroatoms. The Kier molecular flexibility index (Phi) is 5.26. The van der Waals surface area contributed by atoms with Crippen molar-refractivity contribution in [2.45, 2.75) is 71.4 Å². The number of aliphatic hydroxyl groups is 1. The molecule has 1 fully saturated rings. The van der Waals surface area contributed by atoms with Crippen LogP contribution < -0.4 is 5.32 Å². The van der Waals surface area contributed by atoms with Gasteiger partial charge in [0.2, 0.25) is 0 Å². The third-order valence-electron chi connectivity index (χ3n) is 3.57. The molecule has 0 spiro atoms. The van der Waals surface area contributed by atoms with Crippen molar-refractivity contribution < 1.29 is 5.11 Å². The molecule has 0 saturated heterocycles. The van der Waals surface area contributed by atoms with Gasteiger partial charge in [0, 0.05) is 12.6 Å². The van der Waals surface area contributed by atoms with Gasteiger partial charge in [-0.2, -0.15) is 0 Å². The molecule has 96 valence electrons. The summed E-state index contributed by atoms with van der Waals surface area (Å²) in [6, 6.07) is 0.467. The fourth-order valence-corrected chi connectivity index (χ4v) is 2.88. The summed E-state index contributed by atoms with van der Waals surface area (Å²) in [5, 5.41) is 13.9. The summed E-state index contributed by atoms with van der Waals surface area (Å²) >= 11 is 0. The molecule has 16 heavy (non-hydrogen) atoms. The van der Waals surface area contributed by atoms with Crippen LogP contribution in [0.25, 0.3) is 0 Å². The van der Waals surface area contributed by atoms with Crippen LogP contribution >= 0.6 is 0 Å². The summed E-state index contributed by atoms with van der Waals surface area (Å²) in [6.45, 7) is 9.59. The predicted molar refractivity (Wildman–Crippen MR) is 69.5 cm³/mol. The van der Waals surface area contributed by atoms with E-state index in [-0.39, 0.29) is 0 Å². The largest absolute Gasteiger partial charge is 0.389 e. The van der Waals surface area contributed by atoms with Crippen LogP contribution in [0.15, 0.2) is 0 Å². The van der Waals surface area contributed by atoms with Gasteiger partial charge >= 0.3 is 0 Å². The molecule has 1 aliphatic rings. The summed E-state index contributed by atoms with van der Waals surface area (Å²) in [4.78, 5) is 0. The van der Waals surface area contributed by atoms with Crippen molar-refractivity contribution in [1.29, 1.82) is 0 Å². The standard InChI is InChI=1S/C14H29NO/c1-11(2)8-13-6-5-7-14(16,9-13)10-15-12(3)4/h11-13,15-16H,5-10H2,1-4H3. The molecule has 0 radical (unpaired) electrons. The minimum absolute atomic E-state index is 0.442. The molecule has 2 unspecified atom stereocenters. The maximum atomic E-state index is 10.5. The lowest BCUT2D eigenvalue weighted by molar-refractivity contribution is -0.0194. The van der Waals surface area contributed by atoms with Gasteiger partial charge in [0.05, 0.1) is 5.60 Å². The zero-order valence-corrected chi connectivity index (χ0v) is 11.4. The minimum Gasteiger partial charge on any atom is -0.389 e. The summed E-state index contributed by atoms with van der Waals surface area (Å²) in [7, 11) is 0. The predicted octanol–water partition coefficient (Wildman–Crippen LogP) is 2.95. The fraction of sp³-hybridized carbons (Fsp3) is 1.00. The Morgan fingerprint density at radius 1 is 1.31 bits per heavy atom. The maximum Gasteiger partial charge on any atom is 0.0774 e. The maximum absolute atomic E-state index is 10.5. The second kappa shape index (κ2) is 6.02. The lowest BCUT2D eigenvalue weighted by atomic mass is 9.75. The van der Waals surface area contributed by atoms with Crippen molar-refractivity contribution in [3.8, 4) is 0 Å². The van der Waals surface area contributed by atoms with Crippen LogP contribution in [-0.2, 0) is 0 Å². The Bertz CT molecular complexity index is 203. The van der Waals surface area contributed by atoms with E-state index in [1.54, 1.807) is 0 Å². The number of rotatable bonds is 5. The van der Waals surface area contributed by atoms with E-state index in [2.05, 4.69) is 33.0 Å². The topological polar surface area (TPSA) is 32.3 Å². The SMILES string of the molecule is CC(C)CC1CCCC(O)(CNC(C)C)C1. The highest BCUT2D eigenvalue weighted by molar-refractivity contribution is 4.88. The highest BCUT2D eigenvalue weighted by atomic mass is 16.3. The van der Waals surface area contributed by atoms with Gasteiger partial charge in [-0.15, -0.1) is 0 Å². The first-order chi connectivity index (χ1) is 7.41. The quantitative estimate of drug-likeness (QED) is 0.757. The zero-order chi connectivity index (χ0) is 12.2. The van der Waals surface area contributed by atoms with Crippen LogP contribution in [0.5, 0.6) is 0 Å². The Balaban J connectivity index is 2.41. The minimum atomic E-state index is -0.442. The van der Waals surface area contributed by atoms with Crippen molar-refractivity contribution in [2.75, 3.05) is 6.54 Å². The van der Waals surface area contributed by atoms with E-state index in [0.717, 1.165) is 31.2 Å². The molecule has 0 aromatic rings. The lowest BCUT2D eigenvalue weighted by Crippen LogP contribution is -2.46. The molecule has 1 saturated carbocycles. The van der Waals surface area contributed by atoms with Crippen molar-refractivity contribution in [1.82, 2.24) is 5.32 Å². The number of hydrogen-bond donors (Lipinski definition) is 2. The van der Waals surface area contributed by atoms with E-state index in [4.69, 9.17) is 0 Å². The fourth-order valence-electron chi connectivity index (χ4n) is 2.88. The summed E-state index contributed by atoms with van der Waals surface area (Å²) in [5.74, 6) is 1.48. The van der Waals surface area contributed by atoms with Gasteiger partial charge in [-0.25, -0.2) is 0 Å². The molecule has 2 atom stereocenters. The van der Waals surface area contributed by atoms with Crippen molar-refractivity contribution >= 4 is 0 Å². The molecule has 0 bridgehead atoms. The van der Waals surface area contributed by atoms with Crippen LogP contribution in [0.2, 0.25) is 0 Å². The first-order valence-corrected chi connectivity index (χ1v) is 6.87. The summed E-state index contributed by atoms with van der Waals surface area (Å²) < 4.78 is 0. The average molecular weight is 227 g/mol. The molecule has 1 aliphatic carbocycles. The monoisotopic (exact) mass is 227 g/mol. The van der Waals surface area contributed by atoms with Gasteiger partial charge in [0.1, 0.15) is 0 Å². The van der Waals surface area contributed by atoms with E-state index in [1.807, 2.05) is 0 Å². The molecule has 0 amide bonds. The van der Waals surface area contributed by atoms with Gasteiger partial charge in [-0.3, -0.25) is 0 Å². The molecule has 0 heterocycles. The third-order valence-corrected chi connectivity index (χ3v) is 3.57. The summed E-state index contributed by atoms with van der Waals surface area (Å²) in [5.41, 5.74) is -0.442.